The Hall–Kier alpha value is -1.36. The number of hydrogen-bond acceptors (Lipinski definition) is 3. The summed E-state index contributed by atoms with van der Waals surface area (Å²) < 4.78 is 5.16. The van der Waals surface area contributed by atoms with E-state index >= 15 is 0 Å². The minimum Gasteiger partial charge on any atom is -0.481 e. The second-order valence-corrected chi connectivity index (χ2v) is 3.78. The molecule has 5 nitrogen and oxygen atoms in total. The van der Waals surface area contributed by atoms with Gasteiger partial charge in [0.2, 0.25) is 5.91 Å². The third-order valence-corrected chi connectivity index (χ3v) is 2.22. The predicted octanol–water partition coefficient (Wildman–Crippen LogP) is 1.29. The number of rotatable bonds is 10. The molecule has 0 spiro atoms. The van der Waals surface area contributed by atoms with Crippen molar-refractivity contribution in [1.29, 1.82) is 0 Å². The highest BCUT2D eigenvalue weighted by Gasteiger charge is 2.08. The predicted molar refractivity (Wildman–Crippen MR) is 64.8 cm³/mol. The summed E-state index contributed by atoms with van der Waals surface area (Å²) in [6.07, 6.45) is 3.36. The number of hydrogen-bond donors (Lipinski definition) is 1. The van der Waals surface area contributed by atoms with Crippen LogP contribution < -0.4 is 0 Å². The van der Waals surface area contributed by atoms with Crippen molar-refractivity contribution in [1.82, 2.24) is 4.90 Å². The molecule has 0 aromatic rings. The Morgan fingerprint density at radius 1 is 1.35 bits per heavy atom. The molecule has 0 heterocycles. The van der Waals surface area contributed by atoms with Crippen molar-refractivity contribution in [3.05, 3.63) is 12.7 Å². The second-order valence-electron chi connectivity index (χ2n) is 3.78. The first-order valence-electron chi connectivity index (χ1n) is 5.72. The molecular weight excluding hydrogens is 222 g/mol. The molecule has 0 atom stereocenters. The minimum absolute atomic E-state index is 0.0255. The molecule has 0 unspecified atom stereocenters. The summed E-state index contributed by atoms with van der Waals surface area (Å²) in [6.45, 7) is 5.05. The van der Waals surface area contributed by atoms with Gasteiger partial charge in [0.1, 0.15) is 0 Å². The van der Waals surface area contributed by atoms with Crippen LogP contribution in [-0.4, -0.2) is 48.7 Å². The van der Waals surface area contributed by atoms with Crippen molar-refractivity contribution >= 4 is 11.9 Å². The summed E-state index contributed by atoms with van der Waals surface area (Å²) in [7, 11) is 1.69. The lowest BCUT2D eigenvalue weighted by Crippen LogP contribution is -2.28. The smallest absolute Gasteiger partial charge is 0.303 e. The van der Waals surface area contributed by atoms with E-state index in [0.29, 0.717) is 39.0 Å². The van der Waals surface area contributed by atoms with Gasteiger partial charge < -0.3 is 14.7 Å². The maximum absolute atomic E-state index is 11.6. The van der Waals surface area contributed by atoms with Gasteiger partial charge in [-0.15, -0.1) is 6.58 Å². The molecule has 0 radical (unpaired) electrons. The van der Waals surface area contributed by atoms with Crippen LogP contribution in [0.3, 0.4) is 0 Å². The molecule has 0 saturated heterocycles. The van der Waals surface area contributed by atoms with Crippen molar-refractivity contribution in [3.8, 4) is 0 Å². The fraction of sp³-hybridized carbons (Fsp3) is 0.667. The fourth-order valence-electron chi connectivity index (χ4n) is 1.28. The largest absolute Gasteiger partial charge is 0.481 e. The highest BCUT2D eigenvalue weighted by molar-refractivity contribution is 5.75. The van der Waals surface area contributed by atoms with E-state index in [1.807, 2.05) is 0 Å². The normalized spacial score (nSPS) is 9.94. The number of amides is 1. The Labute approximate surface area is 102 Å². The summed E-state index contributed by atoms with van der Waals surface area (Å²) in [5.41, 5.74) is 0. The first-order chi connectivity index (χ1) is 8.07. The van der Waals surface area contributed by atoms with E-state index in [9.17, 15) is 9.59 Å². The molecule has 0 saturated carbocycles. The van der Waals surface area contributed by atoms with Crippen molar-refractivity contribution in [2.75, 3.05) is 26.8 Å². The van der Waals surface area contributed by atoms with E-state index in [2.05, 4.69) is 6.58 Å². The van der Waals surface area contributed by atoms with Gasteiger partial charge in [-0.3, -0.25) is 9.59 Å². The number of carboxylic acid groups (broad SMARTS) is 1. The molecular formula is C12H21NO4. The van der Waals surface area contributed by atoms with Gasteiger partial charge in [0, 0.05) is 33.0 Å². The molecule has 0 aliphatic heterocycles. The Bertz CT molecular complexity index is 253. The molecule has 0 fully saturated rings. The number of ether oxygens (including phenoxy) is 1. The van der Waals surface area contributed by atoms with E-state index in [1.165, 1.54) is 0 Å². The highest BCUT2D eigenvalue weighted by Crippen LogP contribution is 1.99. The molecule has 1 amide bonds. The van der Waals surface area contributed by atoms with E-state index in [4.69, 9.17) is 9.84 Å². The lowest BCUT2D eigenvalue weighted by atomic mass is 10.2. The number of aliphatic carboxylic acids is 1. The lowest BCUT2D eigenvalue weighted by molar-refractivity contribution is -0.138. The van der Waals surface area contributed by atoms with Crippen LogP contribution in [0, 0.1) is 0 Å². The summed E-state index contributed by atoms with van der Waals surface area (Å²) in [6, 6.07) is 0. The van der Waals surface area contributed by atoms with E-state index in [0.717, 1.165) is 0 Å². The summed E-state index contributed by atoms with van der Waals surface area (Å²) in [5, 5.41) is 8.46. The van der Waals surface area contributed by atoms with Crippen LogP contribution in [0.2, 0.25) is 0 Å². The van der Waals surface area contributed by atoms with Gasteiger partial charge in [0.05, 0.1) is 6.61 Å². The number of carbonyl (C=O) groups is 2. The van der Waals surface area contributed by atoms with Gasteiger partial charge in [-0.25, -0.2) is 0 Å². The van der Waals surface area contributed by atoms with Gasteiger partial charge in [-0.05, 0) is 12.8 Å². The molecule has 98 valence electrons. The fourth-order valence-corrected chi connectivity index (χ4v) is 1.28. The van der Waals surface area contributed by atoms with Crippen molar-refractivity contribution in [2.24, 2.45) is 0 Å². The van der Waals surface area contributed by atoms with Gasteiger partial charge in [-0.2, -0.15) is 0 Å². The maximum Gasteiger partial charge on any atom is 0.303 e. The van der Waals surface area contributed by atoms with Crippen LogP contribution in [0.15, 0.2) is 12.7 Å². The molecule has 0 aromatic carbocycles. The van der Waals surface area contributed by atoms with Crippen molar-refractivity contribution in [2.45, 2.75) is 25.7 Å². The average Bonchev–Trinajstić information content (AvgIpc) is 2.27. The Morgan fingerprint density at radius 3 is 2.65 bits per heavy atom. The third kappa shape index (κ3) is 9.56. The van der Waals surface area contributed by atoms with Crippen LogP contribution in [0.4, 0.5) is 0 Å². The molecule has 0 aliphatic rings. The Kier molecular flexibility index (Phi) is 9.05. The Morgan fingerprint density at radius 2 is 2.06 bits per heavy atom. The molecule has 0 bridgehead atoms. The quantitative estimate of drug-likeness (QED) is 0.464. The lowest BCUT2D eigenvalue weighted by Gasteiger charge is -2.16. The first kappa shape index (κ1) is 15.6. The molecule has 1 N–H and O–H groups in total. The van der Waals surface area contributed by atoms with Crippen LogP contribution in [-0.2, 0) is 14.3 Å². The third-order valence-electron chi connectivity index (χ3n) is 2.22. The number of carboxylic acids is 1. The summed E-state index contributed by atoms with van der Waals surface area (Å²) >= 11 is 0. The van der Waals surface area contributed by atoms with Crippen molar-refractivity contribution < 1.29 is 19.4 Å². The van der Waals surface area contributed by atoms with E-state index < -0.39 is 5.97 Å². The molecule has 0 aliphatic carbocycles. The van der Waals surface area contributed by atoms with Crippen LogP contribution in [0.1, 0.15) is 25.7 Å². The summed E-state index contributed by atoms with van der Waals surface area (Å²) in [5.74, 6) is -0.804. The van der Waals surface area contributed by atoms with Gasteiger partial charge in [0.15, 0.2) is 0 Å². The molecule has 0 rings (SSSR count). The van der Waals surface area contributed by atoms with E-state index in [1.54, 1.807) is 18.0 Å². The summed E-state index contributed by atoms with van der Waals surface area (Å²) in [4.78, 5) is 23.4. The van der Waals surface area contributed by atoms with Gasteiger partial charge >= 0.3 is 5.97 Å². The zero-order valence-corrected chi connectivity index (χ0v) is 10.4. The number of carbonyl (C=O) groups excluding carboxylic acids is 1. The zero-order chi connectivity index (χ0) is 13.1. The Balaban J connectivity index is 3.53. The topological polar surface area (TPSA) is 66.8 Å². The molecule has 5 heteroatoms. The highest BCUT2D eigenvalue weighted by atomic mass is 16.5. The maximum atomic E-state index is 11.6. The van der Waals surface area contributed by atoms with Crippen LogP contribution in [0.5, 0.6) is 0 Å². The van der Waals surface area contributed by atoms with Gasteiger partial charge in [-0.1, -0.05) is 6.08 Å². The second kappa shape index (κ2) is 9.84. The SMILES string of the molecule is C=CCOCCCC(=O)N(C)CCCC(=O)O. The average molecular weight is 243 g/mol. The van der Waals surface area contributed by atoms with E-state index in [-0.39, 0.29) is 12.3 Å². The minimum atomic E-state index is -0.830. The first-order valence-corrected chi connectivity index (χ1v) is 5.72. The van der Waals surface area contributed by atoms with Crippen LogP contribution >= 0.6 is 0 Å². The van der Waals surface area contributed by atoms with Crippen LogP contribution in [0.25, 0.3) is 0 Å². The van der Waals surface area contributed by atoms with Gasteiger partial charge in [0.25, 0.3) is 0 Å². The molecule has 0 aromatic heterocycles. The monoisotopic (exact) mass is 243 g/mol. The standard InChI is InChI=1S/C12H21NO4/c1-3-9-17-10-5-6-11(14)13(2)8-4-7-12(15)16/h3H,1,4-10H2,2H3,(H,15,16). The zero-order valence-electron chi connectivity index (χ0n) is 10.4. The number of nitrogens with zero attached hydrogens (tertiary/aromatic N) is 1. The van der Waals surface area contributed by atoms with Crippen molar-refractivity contribution in [3.63, 3.8) is 0 Å². The molecule has 17 heavy (non-hydrogen) atoms.